The van der Waals surface area contributed by atoms with Gasteiger partial charge in [0.25, 0.3) is 0 Å². The van der Waals surface area contributed by atoms with Gasteiger partial charge in [-0.25, -0.2) is 29.9 Å². The first-order valence-electron chi connectivity index (χ1n) is 32.8. The van der Waals surface area contributed by atoms with Gasteiger partial charge in [-0.1, -0.05) is 47.4 Å². The normalized spacial score (nSPS) is 14.1. The Labute approximate surface area is 745 Å². The monoisotopic (exact) mass is 2000 g/mol. The van der Waals surface area contributed by atoms with Crippen molar-refractivity contribution in [1.29, 1.82) is 0 Å². The van der Waals surface area contributed by atoms with Crippen molar-refractivity contribution in [2.24, 2.45) is 0 Å². The number of hydrogen-bond acceptors (Lipinski definition) is 23. The van der Waals surface area contributed by atoms with Crippen LogP contribution in [0.2, 0.25) is 5.15 Å². The summed E-state index contributed by atoms with van der Waals surface area (Å²) in [6.07, 6.45) is -8.97. The van der Waals surface area contributed by atoms with Gasteiger partial charge in [-0.15, -0.1) is 30.6 Å². The molecule has 0 atom stereocenters. The number of fused-ring (bicyclic) bond motifs is 3. The SMILES string of the molecule is C.C.C.C.CC1(C)OB(c2ccc(OCC(F)(F)F)nc2)OC1(C)C.FC(F)(Cl)c1nnc2cnc(Cl)cn12.FC(F)(F)COc1ccc(-c2cn3c(C(F)(F)Cl)nnc3cn2)cn1.FC(F)(F)COc1ccc(-c2cn3c(C(F)(F)OC4CC4)nnc3cn2)cn1.FC(F)(F)COc1ccc(Br)cn1.Fc1ccc(Br)cn1.OC1CC1.OCC(F)(F)F.[H-].[Na+]. The van der Waals surface area contributed by atoms with E-state index in [1.807, 2.05) is 27.7 Å². The van der Waals surface area contributed by atoms with E-state index in [2.05, 4.69) is 121 Å². The van der Waals surface area contributed by atoms with E-state index in [1.165, 1.54) is 111 Å². The molecule has 124 heavy (non-hydrogen) atoms. The van der Waals surface area contributed by atoms with Gasteiger partial charge in [-0.2, -0.15) is 96.6 Å². The van der Waals surface area contributed by atoms with Crippen molar-refractivity contribution in [2.75, 3.05) is 33.0 Å². The van der Waals surface area contributed by atoms with Gasteiger partial charge in [0.1, 0.15) is 11.8 Å². The van der Waals surface area contributed by atoms with Crippen LogP contribution in [0, 0.1) is 5.95 Å². The van der Waals surface area contributed by atoms with E-state index in [0.29, 0.717) is 33.9 Å². The van der Waals surface area contributed by atoms with Gasteiger partial charge >= 0.3 is 84.4 Å². The molecule has 0 aromatic carbocycles. The Morgan fingerprint density at radius 1 is 0.452 bits per heavy atom. The molecule has 1 saturated heterocycles. The van der Waals surface area contributed by atoms with Crippen molar-refractivity contribution in [1.82, 2.24) is 83.7 Å². The third kappa shape index (κ3) is 38.1. The summed E-state index contributed by atoms with van der Waals surface area (Å²) in [6.45, 7) is 0.317. The maximum atomic E-state index is 14.3. The van der Waals surface area contributed by atoms with Crippen molar-refractivity contribution in [2.45, 2.75) is 154 Å². The van der Waals surface area contributed by atoms with Gasteiger partial charge in [0, 0.05) is 93.3 Å². The molecular weight excluding hydrogens is 1930 g/mol. The standard InChI is InChI=1S/C16H12F5N5O2.C13H17BF3NO3.C13H7ClF5N5O.C7H5BrF3NO.C6H2Cl2F2N4.C5H3BrFN.C3H6O.C2H3F3O.4CH4.Na.H/c17-15(18,19)8-27-13-4-1-9(5-23-13)11-7-26-12(6-22-11)24-25-14(26)16(20,21)28-10-2-3-10;1-11(2)12(3,4)21-14(20-11)9-5-6-10(18-7-9)19-8-13(15,16)17;14-13(18,19)11-23-22-9-4-20-8(5-24(9)11)7-1-2-10(21-3-7)25-6-12(15,16)17;8-5-1-2-6(12-3-5)13-4-7(9,10)11;7-3-2-14-4(1-11-3)12-13-5(14)6(8,9)10;6-4-1-2-5(7)8-3-4;4-3-1-2-3;3-2(4,5)1-6;;;;;;/h1,4-7,10H,2-3,8H2;5-7H,8H2,1-4H3;1-5H,6H2;1-3H,4H2;1-2H;1-3H;3-4H,1-2H2;6H,1H2;4*1H4;;/q;;;;;;;;;;;;+1;-1. The van der Waals surface area contributed by atoms with Crippen molar-refractivity contribution in [3.63, 3.8) is 0 Å². The molecule has 2 aliphatic carbocycles. The van der Waals surface area contributed by atoms with Crippen LogP contribution in [0.5, 0.6) is 23.5 Å². The number of aliphatic hydroxyl groups excluding tert-OH is 2. The Kier molecular flexibility index (Phi) is 42.4. The number of aromatic nitrogens is 17. The number of pyridine rings is 5. The number of nitrogens with zero attached hydrogens (tertiary/aromatic N) is 17. The van der Waals surface area contributed by atoms with Crippen LogP contribution in [0.4, 0.5) is 96.6 Å². The van der Waals surface area contributed by atoms with Gasteiger partial charge in [0.05, 0.1) is 53.4 Å². The molecule has 0 unspecified atom stereocenters. The van der Waals surface area contributed by atoms with E-state index in [0.717, 1.165) is 30.5 Å². The molecule has 11 aromatic heterocycles. The zero-order chi connectivity index (χ0) is 88.5. The van der Waals surface area contributed by atoms with Gasteiger partial charge in [-0.05, 0) is 145 Å². The summed E-state index contributed by atoms with van der Waals surface area (Å²) >= 11 is 21.5. The number of aliphatic hydroxyl groups is 2. The first-order chi connectivity index (χ1) is 55.0. The van der Waals surface area contributed by atoms with Gasteiger partial charge in [-0.3, -0.25) is 23.2 Å². The van der Waals surface area contributed by atoms with E-state index in [1.54, 1.807) is 18.2 Å². The average molecular weight is 2000 g/mol. The average Bonchev–Trinajstić information content (AvgIpc) is 1.66. The van der Waals surface area contributed by atoms with E-state index in [-0.39, 0.29) is 124 Å². The second kappa shape index (κ2) is 47.0. The van der Waals surface area contributed by atoms with Crippen LogP contribution in [0.3, 0.4) is 0 Å². The van der Waals surface area contributed by atoms with Crippen molar-refractivity contribution >= 4 is 96.2 Å². The number of ether oxygens (including phenoxy) is 5. The van der Waals surface area contributed by atoms with E-state index in [4.69, 9.17) is 59.1 Å². The Balaban J connectivity index is 0.000000747. The third-order valence-corrected chi connectivity index (χ3v) is 15.9. The Morgan fingerprint density at radius 2 is 0.782 bits per heavy atom. The molecule has 680 valence electrons. The zero-order valence-corrected chi connectivity index (χ0v) is 68.7. The Morgan fingerprint density at radius 3 is 1.08 bits per heavy atom. The molecule has 12 heterocycles. The molecule has 2 saturated carbocycles. The molecule has 55 heteroatoms. The van der Waals surface area contributed by atoms with Gasteiger partial charge < -0.3 is 44.6 Å². The topological polar surface area (TPSA) is 299 Å². The van der Waals surface area contributed by atoms with E-state index < -0.39 is 129 Å². The van der Waals surface area contributed by atoms with Crippen LogP contribution in [0.1, 0.15) is 102 Å². The molecule has 26 nitrogen and oxygen atoms in total. The second-order valence-corrected chi connectivity index (χ2v) is 28.0. The van der Waals surface area contributed by atoms with Crippen LogP contribution in [0.15, 0.2) is 138 Å². The van der Waals surface area contributed by atoms with Crippen molar-refractivity contribution in [3.05, 3.63) is 166 Å². The molecule has 0 amide bonds. The fraction of sp³-hybridized carbons (Fsp3) is 0.420. The van der Waals surface area contributed by atoms with Crippen LogP contribution in [-0.2, 0) is 30.9 Å². The van der Waals surface area contributed by atoms with E-state index >= 15 is 0 Å². The predicted molar refractivity (Wildman–Crippen MR) is 408 cm³/mol. The summed E-state index contributed by atoms with van der Waals surface area (Å²) in [5.74, 6) is -3.20. The van der Waals surface area contributed by atoms with Gasteiger partial charge in [0.15, 0.2) is 43.4 Å². The first-order valence-corrected chi connectivity index (χ1v) is 35.5. The summed E-state index contributed by atoms with van der Waals surface area (Å²) in [6, 6.07) is 14.0. The molecule has 2 N–H and O–H groups in total. The Bertz CT molecular complexity index is 5000. The first kappa shape index (κ1) is 112. The zero-order valence-electron chi connectivity index (χ0n) is 62.3. The molecule has 0 bridgehead atoms. The minimum absolute atomic E-state index is 0. The van der Waals surface area contributed by atoms with Crippen molar-refractivity contribution in [3.8, 4) is 46.0 Å². The summed E-state index contributed by atoms with van der Waals surface area (Å²) in [4.78, 5) is 30.1. The third-order valence-electron chi connectivity index (χ3n) is 14.5. The van der Waals surface area contributed by atoms with Crippen LogP contribution >= 0.6 is 66.7 Å². The minimum atomic E-state index is -4.48. The maximum Gasteiger partial charge on any atom is 1.00 e. The fourth-order valence-electron chi connectivity index (χ4n) is 8.05. The predicted octanol–water partition coefficient (Wildman–Crippen LogP) is 16.3. The van der Waals surface area contributed by atoms with Crippen LogP contribution in [-0.4, -0.2) is 188 Å². The molecule has 3 fully saturated rings. The molecule has 3 aliphatic rings. The number of alkyl halides is 23. The quantitative estimate of drug-likeness (QED) is 0.0393. The second-order valence-electron chi connectivity index (χ2n) is 24.9. The molecule has 0 spiro atoms. The number of halogens is 27. The summed E-state index contributed by atoms with van der Waals surface area (Å²) in [5.41, 5.74) is 1.17. The number of rotatable bonds is 16. The van der Waals surface area contributed by atoms with Crippen molar-refractivity contribution < 1.29 is 171 Å². The van der Waals surface area contributed by atoms with Crippen LogP contribution < -0.4 is 54.0 Å². The molecular formula is C69H72BBr2Cl3F22N17NaO9. The molecule has 1 aliphatic heterocycles. The summed E-state index contributed by atoms with van der Waals surface area (Å²) in [7, 11) is -0.598. The number of hydrogen-bond donors (Lipinski definition) is 2. The summed E-state index contributed by atoms with van der Waals surface area (Å²) in [5, 5.41) is 28.9. The molecule has 11 aromatic rings. The maximum absolute atomic E-state index is 14.3. The van der Waals surface area contributed by atoms with E-state index in [9.17, 15) is 96.6 Å². The largest absolute Gasteiger partial charge is 1.00 e. The molecule has 14 rings (SSSR count). The summed E-state index contributed by atoms with van der Waals surface area (Å²) < 4.78 is 307. The van der Waals surface area contributed by atoms with Crippen LogP contribution in [0.25, 0.3) is 39.5 Å². The fourth-order valence-corrected chi connectivity index (χ4v) is 8.92. The smallest absolute Gasteiger partial charge is 1.00 e. The molecule has 0 radical (unpaired) electrons. The Hall–Kier alpha value is -8.25. The van der Waals surface area contributed by atoms with Gasteiger partial charge in [0.2, 0.25) is 46.9 Å². The minimum Gasteiger partial charge on any atom is -1.00 e.